The molecule has 4 rings (SSSR count). The Balaban J connectivity index is 1.68. The number of nitrogens with zero attached hydrogens (tertiary/aromatic N) is 2. The number of fused-ring (bicyclic) bond motifs is 1. The van der Waals surface area contributed by atoms with Gasteiger partial charge in [-0.3, -0.25) is 0 Å². The molecular formula is C25H24N2O3. The highest BCUT2D eigenvalue weighted by molar-refractivity contribution is 5.96. The number of carbonyl (C=O) groups is 1. The fraction of sp³-hybridized carbons (Fsp3) is 0.200. The van der Waals surface area contributed by atoms with E-state index < -0.39 is 5.97 Å². The number of carboxylic acids is 1. The summed E-state index contributed by atoms with van der Waals surface area (Å²) in [6, 6.07) is 20.5. The van der Waals surface area contributed by atoms with Crippen molar-refractivity contribution in [1.82, 2.24) is 9.55 Å². The molecule has 0 spiro atoms. The third-order valence-electron chi connectivity index (χ3n) is 5.35. The first kappa shape index (κ1) is 19.7. The number of benzene rings is 3. The number of aryl methyl sites for hydroxylation is 1. The molecule has 5 nitrogen and oxygen atoms in total. The van der Waals surface area contributed by atoms with Crippen LogP contribution < -0.4 is 0 Å². The van der Waals surface area contributed by atoms with Crippen molar-refractivity contribution in [2.24, 2.45) is 0 Å². The number of carboxylic acid groups (broad SMARTS) is 1. The highest BCUT2D eigenvalue weighted by Gasteiger charge is 2.14. The number of aromatic hydroxyl groups is 1. The Labute approximate surface area is 175 Å². The van der Waals surface area contributed by atoms with Crippen LogP contribution in [0.15, 0.2) is 66.7 Å². The van der Waals surface area contributed by atoms with Gasteiger partial charge in [0.25, 0.3) is 0 Å². The number of aromatic carboxylic acids is 1. The summed E-state index contributed by atoms with van der Waals surface area (Å²) in [5, 5.41) is 19.7. The van der Waals surface area contributed by atoms with Gasteiger partial charge in [-0.2, -0.15) is 0 Å². The molecule has 0 unspecified atom stereocenters. The molecule has 1 heterocycles. The number of aromatic nitrogens is 2. The molecule has 0 saturated heterocycles. The molecule has 0 aliphatic carbocycles. The highest BCUT2D eigenvalue weighted by Crippen LogP contribution is 2.28. The van der Waals surface area contributed by atoms with E-state index in [1.807, 2.05) is 48.5 Å². The molecule has 0 aliphatic heterocycles. The predicted molar refractivity (Wildman–Crippen MR) is 118 cm³/mol. The summed E-state index contributed by atoms with van der Waals surface area (Å²) in [5.41, 5.74) is 4.52. The lowest BCUT2D eigenvalue weighted by Crippen LogP contribution is -2.05. The van der Waals surface area contributed by atoms with Gasteiger partial charge in [-0.1, -0.05) is 61.9 Å². The Morgan fingerprint density at radius 2 is 1.77 bits per heavy atom. The first-order valence-electron chi connectivity index (χ1n) is 10.2. The second-order valence-corrected chi connectivity index (χ2v) is 7.41. The van der Waals surface area contributed by atoms with Gasteiger partial charge in [0.2, 0.25) is 0 Å². The minimum atomic E-state index is -0.931. The Morgan fingerprint density at radius 3 is 2.50 bits per heavy atom. The molecule has 0 atom stereocenters. The van der Waals surface area contributed by atoms with Crippen LogP contribution in [0.4, 0.5) is 0 Å². The van der Waals surface area contributed by atoms with Crippen molar-refractivity contribution in [2.75, 3.05) is 0 Å². The molecule has 3 aromatic carbocycles. The quantitative estimate of drug-likeness (QED) is 0.430. The number of hydrogen-bond donors (Lipinski definition) is 2. The zero-order valence-electron chi connectivity index (χ0n) is 16.9. The van der Waals surface area contributed by atoms with Crippen molar-refractivity contribution < 1.29 is 15.0 Å². The van der Waals surface area contributed by atoms with Crippen molar-refractivity contribution in [3.05, 3.63) is 83.7 Å². The molecule has 0 radical (unpaired) electrons. The smallest absolute Gasteiger partial charge is 0.336 e. The molecule has 0 amide bonds. The van der Waals surface area contributed by atoms with Crippen LogP contribution in [0.5, 0.6) is 5.75 Å². The van der Waals surface area contributed by atoms with E-state index in [4.69, 9.17) is 0 Å². The van der Waals surface area contributed by atoms with Crippen molar-refractivity contribution >= 4 is 17.0 Å². The number of imidazole rings is 1. The Morgan fingerprint density at radius 1 is 1.00 bits per heavy atom. The van der Waals surface area contributed by atoms with Crippen molar-refractivity contribution in [1.29, 1.82) is 0 Å². The monoisotopic (exact) mass is 400 g/mol. The van der Waals surface area contributed by atoms with Crippen molar-refractivity contribution in [2.45, 2.75) is 32.7 Å². The first-order valence-corrected chi connectivity index (χ1v) is 10.2. The van der Waals surface area contributed by atoms with E-state index in [0.29, 0.717) is 23.2 Å². The largest absolute Gasteiger partial charge is 0.506 e. The second kappa shape index (κ2) is 8.41. The molecular weight excluding hydrogens is 376 g/mol. The maximum atomic E-state index is 11.5. The maximum absolute atomic E-state index is 11.5. The fourth-order valence-corrected chi connectivity index (χ4v) is 3.78. The minimum absolute atomic E-state index is 0.199. The maximum Gasteiger partial charge on any atom is 0.336 e. The lowest BCUT2D eigenvalue weighted by Gasteiger charge is -2.11. The molecule has 0 saturated carbocycles. The lowest BCUT2D eigenvalue weighted by molar-refractivity contribution is 0.0697. The third kappa shape index (κ3) is 3.79. The highest BCUT2D eigenvalue weighted by atomic mass is 16.4. The number of unbranched alkanes of at least 4 members (excludes halogenated alkanes) is 1. The summed E-state index contributed by atoms with van der Waals surface area (Å²) in [7, 11) is 0. The van der Waals surface area contributed by atoms with Crippen LogP contribution in [0, 0.1) is 0 Å². The van der Waals surface area contributed by atoms with Crippen molar-refractivity contribution in [3.8, 4) is 16.9 Å². The lowest BCUT2D eigenvalue weighted by atomic mass is 9.99. The SMILES string of the molecule is CCCCc1nc2c(O)cccc2n1Cc1ccc(-c2ccccc2C(=O)O)cc1. The Hall–Kier alpha value is -3.60. The number of phenolic OH excluding ortho intramolecular Hbond substituents is 1. The van der Waals surface area contributed by atoms with Gasteiger partial charge < -0.3 is 14.8 Å². The molecule has 5 heteroatoms. The third-order valence-corrected chi connectivity index (χ3v) is 5.35. The number of rotatable bonds is 7. The summed E-state index contributed by atoms with van der Waals surface area (Å²) >= 11 is 0. The second-order valence-electron chi connectivity index (χ2n) is 7.41. The molecule has 1 aromatic heterocycles. The normalized spacial score (nSPS) is 11.1. The molecule has 0 aliphatic rings. The van der Waals surface area contributed by atoms with Crippen molar-refractivity contribution in [3.63, 3.8) is 0 Å². The van der Waals surface area contributed by atoms with E-state index >= 15 is 0 Å². The van der Waals surface area contributed by atoms with Crippen LogP contribution in [0.2, 0.25) is 0 Å². The van der Waals surface area contributed by atoms with Gasteiger partial charge in [-0.05, 0) is 41.3 Å². The van der Waals surface area contributed by atoms with Crippen LogP contribution >= 0.6 is 0 Å². The van der Waals surface area contributed by atoms with Gasteiger partial charge in [0.05, 0.1) is 11.1 Å². The van der Waals surface area contributed by atoms with Gasteiger partial charge >= 0.3 is 5.97 Å². The summed E-state index contributed by atoms with van der Waals surface area (Å²) in [6.07, 6.45) is 2.97. The summed E-state index contributed by atoms with van der Waals surface area (Å²) < 4.78 is 2.16. The average molecular weight is 400 g/mol. The topological polar surface area (TPSA) is 75.4 Å². The van der Waals surface area contributed by atoms with E-state index in [2.05, 4.69) is 16.5 Å². The van der Waals surface area contributed by atoms with Gasteiger partial charge in [-0.15, -0.1) is 0 Å². The molecule has 0 fully saturated rings. The van der Waals surface area contributed by atoms with E-state index in [9.17, 15) is 15.0 Å². The van der Waals surface area contributed by atoms with Crippen LogP contribution in [-0.4, -0.2) is 25.7 Å². The number of para-hydroxylation sites is 1. The number of hydrogen-bond acceptors (Lipinski definition) is 3. The molecule has 4 aromatic rings. The van der Waals surface area contributed by atoms with E-state index in [-0.39, 0.29) is 5.75 Å². The Kier molecular flexibility index (Phi) is 5.53. The molecule has 2 N–H and O–H groups in total. The number of phenols is 1. The van der Waals surface area contributed by atoms with E-state index in [0.717, 1.165) is 41.7 Å². The summed E-state index contributed by atoms with van der Waals surface area (Å²) in [5.74, 6) is 0.234. The van der Waals surface area contributed by atoms with Crippen LogP contribution in [-0.2, 0) is 13.0 Å². The molecule has 0 bridgehead atoms. The first-order chi connectivity index (χ1) is 14.6. The summed E-state index contributed by atoms with van der Waals surface area (Å²) in [6.45, 7) is 2.79. The molecule has 152 valence electrons. The standard InChI is InChI=1S/C25H24N2O3/c1-2-3-11-23-26-24-21(9-6-10-22(24)28)27(23)16-17-12-14-18(15-13-17)19-7-4-5-8-20(19)25(29)30/h4-10,12-15,28H,2-3,11,16H2,1H3,(H,29,30). The summed E-state index contributed by atoms with van der Waals surface area (Å²) in [4.78, 5) is 16.2. The molecule has 30 heavy (non-hydrogen) atoms. The zero-order valence-corrected chi connectivity index (χ0v) is 16.9. The predicted octanol–water partition coefficient (Wildman–Crippen LogP) is 5.50. The Bertz CT molecular complexity index is 1190. The van der Waals surface area contributed by atoms with Gasteiger partial charge in [0, 0.05) is 13.0 Å². The van der Waals surface area contributed by atoms with E-state index in [1.54, 1.807) is 18.2 Å². The van der Waals surface area contributed by atoms with Crippen LogP contribution in [0.3, 0.4) is 0 Å². The van der Waals surface area contributed by atoms with Gasteiger partial charge in [0.15, 0.2) is 0 Å². The van der Waals surface area contributed by atoms with E-state index in [1.165, 1.54) is 0 Å². The average Bonchev–Trinajstić information content (AvgIpc) is 3.11. The zero-order chi connectivity index (χ0) is 21.1. The van der Waals surface area contributed by atoms with Gasteiger partial charge in [0.1, 0.15) is 17.1 Å². The minimum Gasteiger partial charge on any atom is -0.506 e. The fourth-order valence-electron chi connectivity index (χ4n) is 3.78. The van der Waals surface area contributed by atoms with Crippen LogP contribution in [0.25, 0.3) is 22.2 Å². The van der Waals surface area contributed by atoms with Crippen LogP contribution in [0.1, 0.15) is 41.5 Å². The van der Waals surface area contributed by atoms with Gasteiger partial charge in [-0.25, -0.2) is 9.78 Å².